The van der Waals surface area contributed by atoms with Crippen molar-refractivity contribution in [3.8, 4) is 11.3 Å². The van der Waals surface area contributed by atoms with Gasteiger partial charge in [-0.2, -0.15) is 0 Å². The van der Waals surface area contributed by atoms with Crippen LogP contribution in [0.5, 0.6) is 0 Å². The first-order valence-electron chi connectivity index (χ1n) is 6.95. The van der Waals surface area contributed by atoms with Crippen molar-refractivity contribution in [3.05, 3.63) is 54.3 Å². The maximum atomic E-state index is 11.7. The average Bonchev–Trinajstić information content (AvgIpc) is 2.54. The van der Waals surface area contributed by atoms with Crippen LogP contribution < -0.4 is 5.32 Å². The molecule has 0 aliphatic heterocycles. The van der Waals surface area contributed by atoms with Crippen LogP contribution in [0, 0.1) is 6.92 Å². The molecule has 0 spiro atoms. The van der Waals surface area contributed by atoms with Gasteiger partial charge in [-0.3, -0.25) is 4.79 Å². The molecule has 0 fully saturated rings. The fraction of sp³-hybridized carbons (Fsp3) is 0.188. The van der Waals surface area contributed by atoms with Gasteiger partial charge in [-0.25, -0.2) is 18.4 Å². The summed E-state index contributed by atoms with van der Waals surface area (Å²) in [4.78, 5) is 20.1. The van der Waals surface area contributed by atoms with Gasteiger partial charge in [0.1, 0.15) is 5.82 Å². The molecule has 0 radical (unpaired) electrons. The lowest BCUT2D eigenvalue weighted by Crippen LogP contribution is -2.16. The van der Waals surface area contributed by atoms with Crippen LogP contribution in [0.2, 0.25) is 0 Å². The quantitative estimate of drug-likeness (QED) is 0.877. The molecular formula is C16H17N3O3S. The normalized spacial score (nSPS) is 11.0. The minimum absolute atomic E-state index is 0.110. The lowest BCUT2D eigenvalue weighted by Gasteiger charge is -2.06. The minimum atomic E-state index is -3.36. The number of aromatic nitrogens is 2. The Morgan fingerprint density at radius 2 is 1.96 bits per heavy atom. The Balaban J connectivity index is 2.00. The Hall–Kier alpha value is -2.54. The zero-order chi connectivity index (χ0) is 16.9. The van der Waals surface area contributed by atoms with E-state index in [1.165, 1.54) is 0 Å². The summed E-state index contributed by atoms with van der Waals surface area (Å²) < 4.78 is 22.6. The summed E-state index contributed by atoms with van der Waals surface area (Å²) in [6.07, 6.45) is 1.58. The summed E-state index contributed by atoms with van der Waals surface area (Å²) in [6.45, 7) is 5.02. The molecule has 0 atom stereocenters. The second-order valence-electron chi connectivity index (χ2n) is 4.90. The smallest absolute Gasteiger partial charge is 0.225 e. The number of nitrogens with one attached hydrogen (secondary N) is 1. The number of aryl methyl sites for hydroxylation is 1. The molecule has 1 heterocycles. The number of anilines is 1. The molecule has 0 bridgehead atoms. The molecule has 0 aliphatic rings. The van der Waals surface area contributed by atoms with Gasteiger partial charge >= 0.3 is 0 Å². The van der Waals surface area contributed by atoms with Gasteiger partial charge in [-0.05, 0) is 25.1 Å². The molecule has 1 amide bonds. The summed E-state index contributed by atoms with van der Waals surface area (Å²) in [5.41, 5.74) is 2.30. The van der Waals surface area contributed by atoms with Gasteiger partial charge in [0.05, 0.1) is 11.4 Å². The van der Waals surface area contributed by atoms with Crippen molar-refractivity contribution in [1.82, 2.24) is 9.97 Å². The van der Waals surface area contributed by atoms with Crippen LogP contribution in [0.15, 0.2) is 48.5 Å². The van der Waals surface area contributed by atoms with Crippen LogP contribution in [0.25, 0.3) is 11.3 Å². The van der Waals surface area contributed by atoms with Gasteiger partial charge in [-0.15, -0.1) is 0 Å². The first kappa shape index (κ1) is 16.8. The third-order valence-corrected chi connectivity index (χ3v) is 4.39. The van der Waals surface area contributed by atoms with Crippen molar-refractivity contribution in [2.75, 3.05) is 11.1 Å². The van der Waals surface area contributed by atoms with Gasteiger partial charge in [-0.1, -0.05) is 18.7 Å². The lowest BCUT2D eigenvalue weighted by atomic mass is 10.1. The van der Waals surface area contributed by atoms with E-state index in [0.717, 1.165) is 16.7 Å². The van der Waals surface area contributed by atoms with Crippen LogP contribution in [0.1, 0.15) is 12.2 Å². The van der Waals surface area contributed by atoms with Gasteiger partial charge in [0.25, 0.3) is 0 Å². The van der Waals surface area contributed by atoms with Crippen molar-refractivity contribution >= 4 is 21.4 Å². The van der Waals surface area contributed by atoms with E-state index in [1.54, 1.807) is 24.4 Å². The molecule has 0 saturated heterocycles. The summed E-state index contributed by atoms with van der Waals surface area (Å²) >= 11 is 0. The SMILES string of the molecule is C=CS(=O)(=O)CCC(=O)Nc1ccc(-c2ccnc(C)n2)cc1. The Labute approximate surface area is 135 Å². The molecular weight excluding hydrogens is 314 g/mol. The molecule has 1 aromatic heterocycles. The molecule has 1 aromatic carbocycles. The predicted molar refractivity (Wildman–Crippen MR) is 89.4 cm³/mol. The summed E-state index contributed by atoms with van der Waals surface area (Å²) in [5, 5.41) is 3.52. The number of sulfone groups is 1. The summed E-state index contributed by atoms with van der Waals surface area (Å²) in [7, 11) is -3.36. The fourth-order valence-corrected chi connectivity index (χ4v) is 2.52. The molecule has 0 aliphatic carbocycles. The molecule has 2 aromatic rings. The standard InChI is InChI=1S/C16H17N3O3S/c1-3-23(21,22)11-9-16(20)19-14-6-4-13(5-7-14)15-8-10-17-12(2)18-15/h3-8,10H,1,9,11H2,2H3,(H,19,20). The number of hydrogen-bond acceptors (Lipinski definition) is 5. The van der Waals surface area contributed by atoms with Gasteiger partial charge in [0, 0.05) is 29.3 Å². The lowest BCUT2D eigenvalue weighted by molar-refractivity contribution is -0.115. The number of amides is 1. The van der Waals surface area contributed by atoms with E-state index in [2.05, 4.69) is 21.9 Å². The molecule has 120 valence electrons. The number of carbonyl (C=O) groups is 1. The summed E-state index contributed by atoms with van der Waals surface area (Å²) in [5.74, 6) is 0.0741. The van der Waals surface area contributed by atoms with E-state index in [-0.39, 0.29) is 18.1 Å². The highest BCUT2D eigenvalue weighted by atomic mass is 32.2. The van der Waals surface area contributed by atoms with Crippen LogP contribution >= 0.6 is 0 Å². The van der Waals surface area contributed by atoms with Crippen LogP contribution in [-0.4, -0.2) is 30.0 Å². The minimum Gasteiger partial charge on any atom is -0.326 e. The Kier molecular flexibility index (Phi) is 5.23. The molecule has 7 heteroatoms. The van der Waals surface area contributed by atoms with Gasteiger partial charge in [0.15, 0.2) is 9.84 Å². The third-order valence-electron chi connectivity index (χ3n) is 3.11. The highest BCUT2D eigenvalue weighted by Crippen LogP contribution is 2.19. The highest BCUT2D eigenvalue weighted by Gasteiger charge is 2.10. The Morgan fingerprint density at radius 1 is 1.26 bits per heavy atom. The van der Waals surface area contributed by atoms with Gasteiger partial charge in [0.2, 0.25) is 5.91 Å². The van der Waals surface area contributed by atoms with Crippen molar-refractivity contribution in [2.45, 2.75) is 13.3 Å². The van der Waals surface area contributed by atoms with Crippen LogP contribution in [-0.2, 0) is 14.6 Å². The maximum Gasteiger partial charge on any atom is 0.225 e. The number of hydrogen-bond donors (Lipinski definition) is 1. The largest absolute Gasteiger partial charge is 0.326 e. The van der Waals surface area contributed by atoms with Crippen molar-refractivity contribution in [2.24, 2.45) is 0 Å². The fourth-order valence-electron chi connectivity index (χ4n) is 1.88. The number of carbonyl (C=O) groups excluding carboxylic acids is 1. The van der Waals surface area contributed by atoms with E-state index in [4.69, 9.17) is 0 Å². The molecule has 6 nitrogen and oxygen atoms in total. The van der Waals surface area contributed by atoms with Crippen LogP contribution in [0.3, 0.4) is 0 Å². The second-order valence-corrected chi connectivity index (χ2v) is 6.97. The predicted octanol–water partition coefficient (Wildman–Crippen LogP) is 2.34. The number of rotatable bonds is 6. The average molecular weight is 331 g/mol. The molecule has 1 N–H and O–H groups in total. The number of benzene rings is 1. The highest BCUT2D eigenvalue weighted by molar-refractivity contribution is 7.94. The Bertz CT molecular complexity index is 815. The van der Waals surface area contributed by atoms with E-state index in [9.17, 15) is 13.2 Å². The van der Waals surface area contributed by atoms with E-state index in [0.29, 0.717) is 11.5 Å². The van der Waals surface area contributed by atoms with Crippen molar-refractivity contribution < 1.29 is 13.2 Å². The second kappa shape index (κ2) is 7.15. The van der Waals surface area contributed by atoms with E-state index in [1.807, 2.05) is 19.1 Å². The molecule has 23 heavy (non-hydrogen) atoms. The van der Waals surface area contributed by atoms with Crippen LogP contribution in [0.4, 0.5) is 5.69 Å². The van der Waals surface area contributed by atoms with Gasteiger partial charge < -0.3 is 5.32 Å². The topological polar surface area (TPSA) is 89.0 Å². The van der Waals surface area contributed by atoms with Crippen molar-refractivity contribution in [3.63, 3.8) is 0 Å². The Morgan fingerprint density at radius 3 is 2.57 bits per heavy atom. The molecule has 0 saturated carbocycles. The molecule has 0 unspecified atom stereocenters. The summed E-state index contributed by atoms with van der Waals surface area (Å²) in [6, 6.07) is 8.95. The van der Waals surface area contributed by atoms with E-state index >= 15 is 0 Å². The zero-order valence-electron chi connectivity index (χ0n) is 12.7. The third kappa shape index (κ3) is 5.00. The zero-order valence-corrected chi connectivity index (χ0v) is 13.5. The van der Waals surface area contributed by atoms with E-state index < -0.39 is 9.84 Å². The molecule has 2 rings (SSSR count). The first-order chi connectivity index (χ1) is 10.9. The number of nitrogens with zero attached hydrogens (tertiary/aromatic N) is 2. The monoisotopic (exact) mass is 331 g/mol. The maximum absolute atomic E-state index is 11.7. The van der Waals surface area contributed by atoms with Crippen molar-refractivity contribution in [1.29, 1.82) is 0 Å². The first-order valence-corrected chi connectivity index (χ1v) is 8.66.